The molecular formula is C31H29F2IN4O3. The molecule has 41 heavy (non-hydrogen) atoms. The summed E-state index contributed by atoms with van der Waals surface area (Å²) in [6.45, 7) is 0.447. The van der Waals surface area contributed by atoms with Gasteiger partial charge >= 0.3 is 5.97 Å². The lowest BCUT2D eigenvalue weighted by Crippen LogP contribution is -2.04. The predicted octanol–water partition coefficient (Wildman–Crippen LogP) is 7.51. The molecule has 212 valence electrons. The second-order valence-corrected chi connectivity index (χ2v) is 11.1. The number of aryl methyl sites for hydroxylation is 1. The minimum Gasteiger partial charge on any atom is -0.481 e. The van der Waals surface area contributed by atoms with Crippen molar-refractivity contribution in [2.75, 3.05) is 6.54 Å². The third-order valence-electron chi connectivity index (χ3n) is 7.02. The van der Waals surface area contributed by atoms with Crippen LogP contribution in [0.15, 0.2) is 67.0 Å². The van der Waals surface area contributed by atoms with Crippen molar-refractivity contribution in [2.45, 2.75) is 38.0 Å². The topological polar surface area (TPSA) is 117 Å². The zero-order valence-corrected chi connectivity index (χ0v) is 24.3. The van der Waals surface area contributed by atoms with Crippen molar-refractivity contribution in [2.24, 2.45) is 5.73 Å². The van der Waals surface area contributed by atoms with Gasteiger partial charge in [0.25, 0.3) is 0 Å². The third-order valence-corrected chi connectivity index (χ3v) is 7.69. The number of carbonyl (C=O) groups is 1. The molecule has 0 saturated heterocycles. The Kier molecular flexibility index (Phi) is 8.99. The summed E-state index contributed by atoms with van der Waals surface area (Å²) in [5.74, 6) is -1.41. The number of nitrogens with one attached hydrogen (secondary N) is 2. The summed E-state index contributed by atoms with van der Waals surface area (Å²) in [6, 6.07) is 15.4. The summed E-state index contributed by atoms with van der Waals surface area (Å²) in [7, 11) is 0. The maximum atomic E-state index is 15.2. The van der Waals surface area contributed by atoms with Crippen LogP contribution in [0.25, 0.3) is 22.3 Å². The molecule has 0 fully saturated rings. The van der Waals surface area contributed by atoms with E-state index in [-0.39, 0.29) is 29.4 Å². The van der Waals surface area contributed by atoms with Crippen molar-refractivity contribution < 1.29 is 23.4 Å². The summed E-state index contributed by atoms with van der Waals surface area (Å²) in [4.78, 5) is 21.9. The van der Waals surface area contributed by atoms with Gasteiger partial charge in [-0.3, -0.25) is 4.79 Å². The fraction of sp³-hybridized carbons (Fsp3) is 0.226. The van der Waals surface area contributed by atoms with Crippen LogP contribution in [0, 0.1) is 15.2 Å². The molecule has 0 radical (unpaired) electrons. The van der Waals surface area contributed by atoms with Crippen molar-refractivity contribution in [3.05, 3.63) is 99.0 Å². The number of hydrogen-bond acceptors (Lipinski definition) is 4. The van der Waals surface area contributed by atoms with Crippen LogP contribution in [0.3, 0.4) is 0 Å². The molecule has 5 rings (SSSR count). The first-order valence-corrected chi connectivity index (χ1v) is 14.4. The first kappa shape index (κ1) is 28.7. The molecule has 5 N–H and O–H groups in total. The van der Waals surface area contributed by atoms with Crippen LogP contribution >= 0.6 is 22.6 Å². The van der Waals surface area contributed by atoms with Crippen LogP contribution in [0.1, 0.15) is 48.4 Å². The Hall–Kier alpha value is -3.77. The van der Waals surface area contributed by atoms with Gasteiger partial charge in [-0.1, -0.05) is 12.1 Å². The molecule has 3 aromatic carbocycles. The van der Waals surface area contributed by atoms with E-state index < -0.39 is 17.6 Å². The lowest BCUT2D eigenvalue weighted by molar-refractivity contribution is -0.137. The number of benzene rings is 3. The molecule has 5 aromatic rings. The van der Waals surface area contributed by atoms with Crippen molar-refractivity contribution in [1.82, 2.24) is 15.0 Å². The molecule has 1 atom stereocenters. The number of aromatic amines is 2. The molecule has 2 aromatic heterocycles. The van der Waals surface area contributed by atoms with Crippen LogP contribution in [0.5, 0.6) is 11.5 Å². The Morgan fingerprint density at radius 3 is 2.73 bits per heavy atom. The molecule has 0 saturated carbocycles. The molecule has 0 aliphatic rings. The number of H-pyrrole nitrogens is 2. The van der Waals surface area contributed by atoms with Crippen molar-refractivity contribution in [3.63, 3.8) is 0 Å². The number of carboxylic acids is 1. The van der Waals surface area contributed by atoms with Gasteiger partial charge in [0.05, 0.1) is 5.56 Å². The number of aliphatic carboxylic acids is 1. The second kappa shape index (κ2) is 12.8. The standard InChI is InChI=1S/C31H29F2IN4O3/c32-25-10-9-20(41-30-23(7-3-12-35)22-11-13-36-27(22)16-26(30)33)15-24(25)31-37-17-28(38-31)21(6-2-8-29(39)40)18-4-1-5-19(34)14-18/h1,4-5,9-11,13-17,21,36H,2-3,6-8,12,35H2,(H,37,38)(H,39,40). The number of nitrogens with zero attached hydrogens (tertiary/aromatic N) is 1. The summed E-state index contributed by atoms with van der Waals surface area (Å²) in [5, 5.41) is 9.98. The minimum absolute atomic E-state index is 0.0494. The normalized spacial score (nSPS) is 12.1. The summed E-state index contributed by atoms with van der Waals surface area (Å²) < 4.78 is 37.4. The molecule has 0 bridgehead atoms. The smallest absolute Gasteiger partial charge is 0.303 e. The average Bonchev–Trinajstić information content (AvgIpc) is 3.62. The first-order chi connectivity index (χ1) is 19.8. The highest BCUT2D eigenvalue weighted by molar-refractivity contribution is 14.1. The van der Waals surface area contributed by atoms with Gasteiger partial charge in [-0.05, 0) is 96.8 Å². The number of halogens is 3. The highest BCUT2D eigenvalue weighted by atomic mass is 127. The van der Waals surface area contributed by atoms with E-state index in [0.29, 0.717) is 49.1 Å². The van der Waals surface area contributed by atoms with E-state index in [2.05, 4.69) is 37.5 Å². The van der Waals surface area contributed by atoms with Gasteiger partial charge in [0, 0.05) is 56.5 Å². The van der Waals surface area contributed by atoms with Gasteiger partial charge < -0.3 is 25.5 Å². The van der Waals surface area contributed by atoms with E-state index in [1.54, 1.807) is 12.4 Å². The Bertz CT molecular complexity index is 1680. The molecule has 2 heterocycles. The quantitative estimate of drug-likeness (QED) is 0.103. The van der Waals surface area contributed by atoms with E-state index in [0.717, 1.165) is 20.2 Å². The van der Waals surface area contributed by atoms with Crippen molar-refractivity contribution in [3.8, 4) is 22.9 Å². The fourth-order valence-electron chi connectivity index (χ4n) is 5.06. The van der Waals surface area contributed by atoms with E-state index in [1.807, 2.05) is 30.3 Å². The minimum atomic E-state index is -0.853. The van der Waals surface area contributed by atoms with Gasteiger partial charge in [-0.25, -0.2) is 13.8 Å². The van der Waals surface area contributed by atoms with Crippen LogP contribution in [0.4, 0.5) is 8.78 Å². The monoisotopic (exact) mass is 670 g/mol. The maximum absolute atomic E-state index is 15.2. The van der Waals surface area contributed by atoms with Gasteiger partial charge in [0.15, 0.2) is 11.6 Å². The van der Waals surface area contributed by atoms with E-state index >= 15 is 8.78 Å². The molecule has 0 amide bonds. The zero-order valence-electron chi connectivity index (χ0n) is 22.1. The lowest BCUT2D eigenvalue weighted by atomic mass is 9.91. The number of nitrogens with two attached hydrogens (primary N) is 1. The van der Waals surface area contributed by atoms with Crippen molar-refractivity contribution in [1.29, 1.82) is 0 Å². The Morgan fingerprint density at radius 1 is 1.10 bits per heavy atom. The van der Waals surface area contributed by atoms with Gasteiger partial charge in [-0.15, -0.1) is 0 Å². The van der Waals surface area contributed by atoms with E-state index in [4.69, 9.17) is 15.6 Å². The summed E-state index contributed by atoms with van der Waals surface area (Å²) in [6.07, 6.45) is 5.67. The summed E-state index contributed by atoms with van der Waals surface area (Å²) in [5.41, 5.74) is 9.01. The predicted molar refractivity (Wildman–Crippen MR) is 162 cm³/mol. The zero-order chi connectivity index (χ0) is 28.9. The average molecular weight is 670 g/mol. The van der Waals surface area contributed by atoms with Gasteiger partial charge in [0.2, 0.25) is 0 Å². The molecule has 7 nitrogen and oxygen atoms in total. The number of ether oxygens (including phenoxy) is 1. The van der Waals surface area contributed by atoms with Crippen LogP contribution in [-0.4, -0.2) is 32.6 Å². The highest BCUT2D eigenvalue weighted by Crippen LogP contribution is 2.37. The molecule has 0 aliphatic carbocycles. The largest absolute Gasteiger partial charge is 0.481 e. The molecular weight excluding hydrogens is 641 g/mol. The van der Waals surface area contributed by atoms with Crippen LogP contribution < -0.4 is 10.5 Å². The number of rotatable bonds is 12. The Labute approximate surface area is 249 Å². The molecule has 10 heteroatoms. The van der Waals surface area contributed by atoms with Crippen molar-refractivity contribution >= 4 is 39.5 Å². The maximum Gasteiger partial charge on any atom is 0.303 e. The number of fused-ring (bicyclic) bond motifs is 1. The SMILES string of the molecule is NCCCc1c(Oc2ccc(F)c(-c3ncc(C(CCCC(=O)O)c4cccc(I)c4)[nH]3)c2)c(F)cc2[nH]ccc12. The molecule has 0 aliphatic heterocycles. The Morgan fingerprint density at radius 2 is 1.95 bits per heavy atom. The van der Waals surface area contributed by atoms with Crippen LogP contribution in [0.2, 0.25) is 0 Å². The molecule has 0 spiro atoms. The number of aromatic nitrogens is 3. The summed E-state index contributed by atoms with van der Waals surface area (Å²) >= 11 is 2.24. The highest BCUT2D eigenvalue weighted by Gasteiger charge is 2.21. The second-order valence-electron chi connectivity index (χ2n) is 9.82. The van der Waals surface area contributed by atoms with Crippen LogP contribution in [-0.2, 0) is 11.2 Å². The number of carboxylic acid groups (broad SMARTS) is 1. The van der Waals surface area contributed by atoms with Gasteiger partial charge in [-0.2, -0.15) is 0 Å². The Balaban J connectivity index is 1.47. The lowest BCUT2D eigenvalue weighted by Gasteiger charge is -2.16. The number of imidazole rings is 1. The van der Waals surface area contributed by atoms with E-state index in [9.17, 15) is 4.79 Å². The third kappa shape index (κ3) is 6.59. The number of hydrogen-bond donors (Lipinski definition) is 4. The molecule has 1 unspecified atom stereocenters. The van der Waals surface area contributed by atoms with E-state index in [1.165, 1.54) is 24.3 Å². The fourth-order valence-corrected chi connectivity index (χ4v) is 5.63. The first-order valence-electron chi connectivity index (χ1n) is 13.3. The van der Waals surface area contributed by atoms with Gasteiger partial charge in [0.1, 0.15) is 17.4 Å².